The molecule has 106 valence electrons. The smallest absolute Gasteiger partial charge is 0.127 e. The normalized spacial score (nSPS) is 12.5. The van der Waals surface area contributed by atoms with Crippen LogP contribution in [0.4, 0.5) is 4.39 Å². The van der Waals surface area contributed by atoms with Crippen molar-refractivity contribution in [1.29, 1.82) is 0 Å². The summed E-state index contributed by atoms with van der Waals surface area (Å²) in [6.07, 6.45) is 2.46. The average molecular weight is 303 g/mol. The molecule has 3 aromatic rings. The maximum absolute atomic E-state index is 13.8. The van der Waals surface area contributed by atoms with Crippen molar-refractivity contribution in [2.45, 2.75) is 12.5 Å². The zero-order chi connectivity index (χ0) is 14.8. The van der Waals surface area contributed by atoms with E-state index in [1.807, 2.05) is 6.07 Å². The maximum atomic E-state index is 13.8. The molecule has 1 unspecified atom stereocenters. The van der Waals surface area contributed by atoms with E-state index in [1.54, 1.807) is 36.7 Å². The van der Waals surface area contributed by atoms with Gasteiger partial charge in [0.15, 0.2) is 0 Å². The molecule has 1 atom stereocenters. The second-order valence-electron chi connectivity index (χ2n) is 4.73. The first-order valence-corrected chi connectivity index (χ1v) is 6.84. The van der Waals surface area contributed by atoms with Crippen LogP contribution in [0, 0.1) is 5.82 Å². The summed E-state index contributed by atoms with van der Waals surface area (Å²) in [6.45, 7) is 0. The minimum absolute atomic E-state index is 0.151. The summed E-state index contributed by atoms with van der Waals surface area (Å²) in [6, 6.07) is 9.82. The number of aliphatic hydroxyl groups excluding tert-OH is 1. The highest BCUT2D eigenvalue weighted by Crippen LogP contribution is 2.26. The second kappa shape index (κ2) is 5.76. The van der Waals surface area contributed by atoms with Gasteiger partial charge in [-0.25, -0.2) is 4.39 Å². The first kappa shape index (κ1) is 13.9. The predicted octanol–water partition coefficient (Wildman–Crippen LogP) is 3.70. The van der Waals surface area contributed by atoms with Crippen molar-refractivity contribution in [3.63, 3.8) is 0 Å². The van der Waals surface area contributed by atoms with Gasteiger partial charge in [0.25, 0.3) is 0 Å². The van der Waals surface area contributed by atoms with Crippen molar-refractivity contribution in [1.82, 2.24) is 9.97 Å². The SMILES string of the molecule is OC(Cc1ccc(Cl)cc1F)c1cccc2nccnc12. The third-order valence-electron chi connectivity index (χ3n) is 3.32. The number of aliphatic hydroxyl groups is 1. The first-order valence-electron chi connectivity index (χ1n) is 6.47. The number of hydrogen-bond acceptors (Lipinski definition) is 3. The van der Waals surface area contributed by atoms with Crippen molar-refractivity contribution >= 4 is 22.6 Å². The lowest BCUT2D eigenvalue weighted by molar-refractivity contribution is 0.178. The summed E-state index contributed by atoms with van der Waals surface area (Å²) in [5.41, 5.74) is 2.37. The fourth-order valence-electron chi connectivity index (χ4n) is 2.29. The Hall–Kier alpha value is -2.04. The number of aromatic nitrogens is 2. The van der Waals surface area contributed by atoms with Gasteiger partial charge >= 0.3 is 0 Å². The van der Waals surface area contributed by atoms with E-state index >= 15 is 0 Å². The average Bonchev–Trinajstić information content (AvgIpc) is 2.49. The molecule has 0 saturated heterocycles. The summed E-state index contributed by atoms with van der Waals surface area (Å²) in [7, 11) is 0. The number of halogens is 2. The van der Waals surface area contributed by atoms with E-state index < -0.39 is 11.9 Å². The van der Waals surface area contributed by atoms with Gasteiger partial charge in [0.2, 0.25) is 0 Å². The van der Waals surface area contributed by atoms with Crippen molar-refractivity contribution in [2.75, 3.05) is 0 Å². The van der Waals surface area contributed by atoms with Crippen LogP contribution >= 0.6 is 11.6 Å². The first-order chi connectivity index (χ1) is 10.1. The number of benzene rings is 2. The number of hydrogen-bond donors (Lipinski definition) is 1. The van der Waals surface area contributed by atoms with Gasteiger partial charge in [-0.2, -0.15) is 0 Å². The predicted molar refractivity (Wildman–Crippen MR) is 79.6 cm³/mol. The molecule has 0 amide bonds. The van der Waals surface area contributed by atoms with E-state index in [-0.39, 0.29) is 6.42 Å². The lowest BCUT2D eigenvalue weighted by Crippen LogP contribution is -2.05. The minimum atomic E-state index is -0.860. The van der Waals surface area contributed by atoms with Gasteiger partial charge in [0.1, 0.15) is 5.82 Å². The van der Waals surface area contributed by atoms with Crippen LogP contribution in [0.5, 0.6) is 0 Å². The Bertz CT molecular complexity index is 789. The van der Waals surface area contributed by atoms with Crippen LogP contribution in [-0.4, -0.2) is 15.1 Å². The quantitative estimate of drug-likeness (QED) is 0.802. The van der Waals surface area contributed by atoms with E-state index in [1.165, 1.54) is 6.07 Å². The van der Waals surface area contributed by atoms with E-state index in [2.05, 4.69) is 9.97 Å². The molecule has 0 aliphatic rings. The monoisotopic (exact) mass is 302 g/mol. The van der Waals surface area contributed by atoms with Gasteiger partial charge in [0.05, 0.1) is 17.1 Å². The fourth-order valence-corrected chi connectivity index (χ4v) is 2.45. The minimum Gasteiger partial charge on any atom is -0.388 e. The number of para-hydroxylation sites is 1. The van der Waals surface area contributed by atoms with E-state index in [4.69, 9.17) is 11.6 Å². The zero-order valence-electron chi connectivity index (χ0n) is 11.0. The largest absolute Gasteiger partial charge is 0.388 e. The van der Waals surface area contributed by atoms with Crippen molar-refractivity contribution in [3.8, 4) is 0 Å². The van der Waals surface area contributed by atoms with Crippen LogP contribution < -0.4 is 0 Å². The van der Waals surface area contributed by atoms with Gasteiger partial charge in [-0.15, -0.1) is 0 Å². The lowest BCUT2D eigenvalue weighted by Gasteiger charge is -2.13. The van der Waals surface area contributed by atoms with E-state index in [0.717, 1.165) is 0 Å². The third kappa shape index (κ3) is 2.86. The topological polar surface area (TPSA) is 46.0 Å². The highest BCUT2D eigenvalue weighted by Gasteiger charge is 2.15. The lowest BCUT2D eigenvalue weighted by atomic mass is 10.00. The van der Waals surface area contributed by atoms with Gasteiger partial charge in [0, 0.05) is 29.4 Å². The fraction of sp³-hybridized carbons (Fsp3) is 0.125. The zero-order valence-corrected chi connectivity index (χ0v) is 11.8. The Kier molecular flexibility index (Phi) is 3.82. The molecule has 0 saturated carbocycles. The van der Waals surface area contributed by atoms with Crippen LogP contribution in [0.2, 0.25) is 5.02 Å². The molecule has 0 bridgehead atoms. The molecule has 21 heavy (non-hydrogen) atoms. The van der Waals surface area contributed by atoms with E-state index in [0.29, 0.717) is 27.2 Å². The molecule has 0 spiro atoms. The third-order valence-corrected chi connectivity index (χ3v) is 3.55. The molecule has 2 aromatic carbocycles. The molecule has 5 heteroatoms. The molecule has 3 rings (SSSR count). The molecular formula is C16H12ClFN2O. The summed E-state index contributed by atoms with van der Waals surface area (Å²) < 4.78 is 13.8. The highest BCUT2D eigenvalue weighted by atomic mass is 35.5. The van der Waals surface area contributed by atoms with Gasteiger partial charge < -0.3 is 5.11 Å². The molecular weight excluding hydrogens is 291 g/mol. The highest BCUT2D eigenvalue weighted by molar-refractivity contribution is 6.30. The Morgan fingerprint density at radius 3 is 2.76 bits per heavy atom. The van der Waals surface area contributed by atoms with E-state index in [9.17, 15) is 9.50 Å². The van der Waals surface area contributed by atoms with Crippen molar-refractivity contribution in [3.05, 3.63) is 70.8 Å². The molecule has 1 N–H and O–H groups in total. The molecule has 0 aliphatic carbocycles. The Morgan fingerprint density at radius 2 is 1.95 bits per heavy atom. The molecule has 0 fully saturated rings. The van der Waals surface area contributed by atoms with Crippen molar-refractivity contribution in [2.24, 2.45) is 0 Å². The summed E-state index contributed by atoms with van der Waals surface area (Å²) in [5.74, 6) is -0.423. The summed E-state index contributed by atoms with van der Waals surface area (Å²) >= 11 is 5.73. The Morgan fingerprint density at radius 1 is 1.14 bits per heavy atom. The van der Waals surface area contributed by atoms with Gasteiger partial charge in [-0.3, -0.25) is 9.97 Å². The van der Waals surface area contributed by atoms with Crippen LogP contribution in [0.25, 0.3) is 11.0 Å². The molecule has 3 nitrogen and oxygen atoms in total. The Labute approximate surface area is 126 Å². The number of rotatable bonds is 3. The standard InChI is InChI=1S/C16H12ClFN2O/c17-11-5-4-10(13(18)9-11)8-15(21)12-2-1-3-14-16(12)20-7-6-19-14/h1-7,9,15,21H,8H2. The van der Waals surface area contributed by atoms with Gasteiger partial charge in [-0.05, 0) is 23.8 Å². The molecule has 1 aromatic heterocycles. The molecule has 0 aliphatic heterocycles. The second-order valence-corrected chi connectivity index (χ2v) is 5.16. The van der Waals surface area contributed by atoms with Crippen LogP contribution in [0.15, 0.2) is 48.8 Å². The Balaban J connectivity index is 1.95. The molecule has 1 heterocycles. The maximum Gasteiger partial charge on any atom is 0.127 e. The number of nitrogens with zero attached hydrogens (tertiary/aromatic N) is 2. The van der Waals surface area contributed by atoms with Crippen LogP contribution in [-0.2, 0) is 6.42 Å². The van der Waals surface area contributed by atoms with Crippen LogP contribution in [0.3, 0.4) is 0 Å². The van der Waals surface area contributed by atoms with Gasteiger partial charge in [-0.1, -0.05) is 29.8 Å². The summed E-state index contributed by atoms with van der Waals surface area (Å²) in [4.78, 5) is 8.44. The molecule has 0 radical (unpaired) electrons. The van der Waals surface area contributed by atoms with Crippen molar-refractivity contribution < 1.29 is 9.50 Å². The van der Waals surface area contributed by atoms with Crippen LogP contribution in [0.1, 0.15) is 17.2 Å². The summed E-state index contributed by atoms with van der Waals surface area (Å²) in [5, 5.41) is 10.7. The number of fused-ring (bicyclic) bond motifs is 1.